The Balaban J connectivity index is 1.60. The van der Waals surface area contributed by atoms with Crippen LogP contribution in [-0.2, 0) is 4.79 Å². The summed E-state index contributed by atoms with van der Waals surface area (Å²) in [5.74, 6) is 0.0897. The molecule has 0 saturated heterocycles. The van der Waals surface area contributed by atoms with Crippen molar-refractivity contribution in [2.24, 2.45) is 0 Å². The van der Waals surface area contributed by atoms with Crippen LogP contribution in [0.4, 0.5) is 5.69 Å². The number of rotatable bonds is 11. The fourth-order valence-electron chi connectivity index (χ4n) is 3.41. The van der Waals surface area contributed by atoms with E-state index in [0.29, 0.717) is 6.42 Å². The number of carbonyl (C=O) groups is 1. The van der Waals surface area contributed by atoms with Gasteiger partial charge in [0.1, 0.15) is 0 Å². The molecule has 1 heterocycles. The Morgan fingerprint density at radius 3 is 2.45 bits per heavy atom. The zero-order valence-corrected chi connectivity index (χ0v) is 18.9. The van der Waals surface area contributed by atoms with Gasteiger partial charge in [-0.15, -0.1) is 0 Å². The fourth-order valence-corrected chi connectivity index (χ4v) is 5.42. The number of nitrogens with zero attached hydrogens (tertiary/aromatic N) is 1. The summed E-state index contributed by atoms with van der Waals surface area (Å²) in [6, 6.07) is 18.8. The second-order valence-corrected chi connectivity index (χ2v) is 9.69. The van der Waals surface area contributed by atoms with Crippen molar-refractivity contribution in [3.8, 4) is 0 Å². The monoisotopic (exact) mass is 454 g/mol. The van der Waals surface area contributed by atoms with Crippen LogP contribution < -0.4 is 14.2 Å². The first-order chi connectivity index (χ1) is 14.3. The van der Waals surface area contributed by atoms with E-state index in [9.17, 15) is 4.79 Å². The van der Waals surface area contributed by atoms with Gasteiger partial charge in [-0.25, -0.2) is 0 Å². The molecule has 0 fully saturated rings. The normalized spacial score (nSPS) is 10.9. The van der Waals surface area contributed by atoms with E-state index in [1.54, 1.807) is 6.20 Å². The second-order valence-electron chi connectivity index (χ2n) is 7.35. The van der Waals surface area contributed by atoms with Crippen molar-refractivity contribution in [2.45, 2.75) is 58.3 Å². The number of amides is 1. The van der Waals surface area contributed by atoms with E-state index >= 15 is 0 Å². The molecule has 1 aromatic heterocycles. The summed E-state index contributed by atoms with van der Waals surface area (Å²) in [6.45, 7) is 2.23. The maximum atomic E-state index is 12.4. The van der Waals surface area contributed by atoms with Crippen molar-refractivity contribution in [1.82, 2.24) is 4.98 Å². The quantitative estimate of drug-likeness (QED) is 0.329. The van der Waals surface area contributed by atoms with Gasteiger partial charge in [0, 0.05) is 0 Å². The zero-order valence-electron chi connectivity index (χ0n) is 17.2. The summed E-state index contributed by atoms with van der Waals surface area (Å²) >= 11 is 0.211. The molecule has 0 atom stereocenters. The van der Waals surface area contributed by atoms with Crippen molar-refractivity contribution >= 4 is 46.4 Å². The topological polar surface area (TPSA) is 42.0 Å². The van der Waals surface area contributed by atoms with Crippen LogP contribution in [0.1, 0.15) is 58.3 Å². The molecule has 2 aromatic carbocycles. The second kappa shape index (κ2) is 11.7. The first-order valence-electron chi connectivity index (χ1n) is 10.7. The molecule has 1 amide bonds. The Morgan fingerprint density at radius 1 is 0.897 bits per heavy atom. The van der Waals surface area contributed by atoms with E-state index < -0.39 is 0 Å². The van der Waals surface area contributed by atoms with Gasteiger partial charge in [-0.05, 0) is 0 Å². The molecule has 1 N–H and O–H groups in total. The molecule has 3 nitrogen and oxygen atoms in total. The number of fused-ring (bicyclic) bond motifs is 1. The Kier molecular flexibility index (Phi) is 8.73. The first kappa shape index (κ1) is 21.5. The standard InChI is InChI=1S/C25H30N2OSe/c1-2-3-4-5-6-7-11-16-24(28)27-22-17-18-23(21-15-12-19-26-25(21)22)29-20-13-9-8-10-14-20/h8-10,12-15,17-19H,2-7,11,16H2,1H3,(H,27,28). The van der Waals surface area contributed by atoms with Crippen molar-refractivity contribution in [1.29, 1.82) is 0 Å². The minimum atomic E-state index is 0.0897. The van der Waals surface area contributed by atoms with Crippen molar-refractivity contribution in [3.05, 3.63) is 60.8 Å². The van der Waals surface area contributed by atoms with Crippen LogP contribution in [0.15, 0.2) is 60.8 Å². The number of benzene rings is 2. The Morgan fingerprint density at radius 2 is 1.66 bits per heavy atom. The predicted octanol–water partition coefficient (Wildman–Crippen LogP) is 4.97. The van der Waals surface area contributed by atoms with Gasteiger partial charge < -0.3 is 0 Å². The zero-order chi connectivity index (χ0) is 20.3. The van der Waals surface area contributed by atoms with Gasteiger partial charge in [0.05, 0.1) is 0 Å². The van der Waals surface area contributed by atoms with Crippen molar-refractivity contribution in [3.63, 3.8) is 0 Å². The third kappa shape index (κ3) is 6.69. The average molecular weight is 453 g/mol. The molecule has 4 heteroatoms. The fraction of sp³-hybridized carbons (Fsp3) is 0.360. The predicted molar refractivity (Wildman–Crippen MR) is 124 cm³/mol. The third-order valence-electron chi connectivity index (χ3n) is 4.98. The molecule has 0 aliphatic carbocycles. The van der Waals surface area contributed by atoms with Crippen LogP contribution in [0.5, 0.6) is 0 Å². The summed E-state index contributed by atoms with van der Waals surface area (Å²) in [5.41, 5.74) is 1.71. The number of aromatic nitrogens is 1. The molecular formula is C25H30N2OSe. The van der Waals surface area contributed by atoms with Gasteiger partial charge in [-0.3, -0.25) is 0 Å². The van der Waals surface area contributed by atoms with Crippen LogP contribution >= 0.6 is 0 Å². The van der Waals surface area contributed by atoms with E-state index in [1.165, 1.54) is 41.0 Å². The van der Waals surface area contributed by atoms with Crippen LogP contribution in [0.3, 0.4) is 0 Å². The Bertz CT molecular complexity index is 911. The van der Waals surface area contributed by atoms with Crippen LogP contribution in [-0.4, -0.2) is 25.8 Å². The SMILES string of the molecule is CCCCCCCCCC(=O)Nc1ccc([Se]c2ccccc2)c2cccnc12. The molecule has 0 spiro atoms. The number of carbonyl (C=O) groups excluding carboxylic acids is 1. The summed E-state index contributed by atoms with van der Waals surface area (Å²) < 4.78 is 2.62. The van der Waals surface area contributed by atoms with E-state index in [-0.39, 0.29) is 20.9 Å². The van der Waals surface area contributed by atoms with E-state index in [0.717, 1.165) is 29.4 Å². The van der Waals surface area contributed by atoms with Crippen LogP contribution in [0, 0.1) is 0 Å². The molecule has 0 aliphatic rings. The Hall–Kier alpha value is -2.16. The number of pyridine rings is 1. The van der Waals surface area contributed by atoms with Crippen LogP contribution in [0.2, 0.25) is 0 Å². The molecule has 3 rings (SSSR count). The van der Waals surface area contributed by atoms with Crippen molar-refractivity contribution in [2.75, 3.05) is 5.32 Å². The molecule has 3 aromatic rings. The average Bonchev–Trinajstić information content (AvgIpc) is 2.75. The minimum absolute atomic E-state index is 0.0897. The third-order valence-corrected chi connectivity index (χ3v) is 7.26. The number of anilines is 1. The molecule has 0 saturated carbocycles. The van der Waals surface area contributed by atoms with E-state index in [2.05, 4.69) is 53.6 Å². The van der Waals surface area contributed by atoms with Gasteiger partial charge in [0.25, 0.3) is 0 Å². The molecule has 0 aliphatic heterocycles. The molecular weight excluding hydrogens is 423 g/mol. The molecule has 0 radical (unpaired) electrons. The van der Waals surface area contributed by atoms with Gasteiger partial charge in [-0.2, -0.15) is 0 Å². The number of hydrogen-bond acceptors (Lipinski definition) is 2. The molecule has 0 unspecified atom stereocenters. The van der Waals surface area contributed by atoms with Crippen LogP contribution in [0.25, 0.3) is 10.9 Å². The number of nitrogens with one attached hydrogen (secondary N) is 1. The number of hydrogen-bond donors (Lipinski definition) is 1. The maximum absolute atomic E-state index is 12.4. The van der Waals surface area contributed by atoms with E-state index in [1.807, 2.05) is 18.2 Å². The van der Waals surface area contributed by atoms with Crippen molar-refractivity contribution < 1.29 is 4.79 Å². The first-order valence-corrected chi connectivity index (χ1v) is 12.4. The number of unbranched alkanes of at least 4 members (excludes halogenated alkanes) is 6. The van der Waals surface area contributed by atoms with E-state index in [4.69, 9.17) is 0 Å². The molecule has 152 valence electrons. The van der Waals surface area contributed by atoms with Gasteiger partial charge >= 0.3 is 161 Å². The van der Waals surface area contributed by atoms with Gasteiger partial charge in [-0.1, -0.05) is 19.8 Å². The summed E-state index contributed by atoms with van der Waals surface area (Å²) in [7, 11) is 0. The summed E-state index contributed by atoms with van der Waals surface area (Å²) in [5, 5.41) is 4.22. The van der Waals surface area contributed by atoms with Gasteiger partial charge in [0.2, 0.25) is 0 Å². The Labute approximate surface area is 180 Å². The summed E-state index contributed by atoms with van der Waals surface area (Å²) in [6.07, 6.45) is 10.9. The molecule has 0 bridgehead atoms. The summed E-state index contributed by atoms with van der Waals surface area (Å²) in [4.78, 5) is 17.0. The van der Waals surface area contributed by atoms with Gasteiger partial charge in [0.15, 0.2) is 0 Å². The molecule has 29 heavy (non-hydrogen) atoms.